The summed E-state index contributed by atoms with van der Waals surface area (Å²) in [6.45, 7) is 4.63. The molecule has 1 unspecified atom stereocenters. The van der Waals surface area contributed by atoms with Crippen LogP contribution >= 0.6 is 0 Å². The van der Waals surface area contributed by atoms with E-state index in [1.54, 1.807) is 6.92 Å². The Bertz CT molecular complexity index is 587. The number of unbranched alkanes of at least 4 members (excludes halogenated alkanes) is 6. The van der Waals surface area contributed by atoms with Gasteiger partial charge in [0.25, 0.3) is 0 Å². The Morgan fingerprint density at radius 1 is 0.706 bits per heavy atom. The fourth-order valence-electron chi connectivity index (χ4n) is 3.15. The molecule has 0 aliphatic carbocycles. The number of rotatable bonds is 23. The molecular weight excluding hydrogens is 424 g/mol. The minimum absolute atomic E-state index is 0.191. The second-order valence-corrected chi connectivity index (χ2v) is 8.34. The standard InChI is InChI=1S/C30H50O4/c1-3-5-6-7-8-9-10-11-12-13-14-15-16-17-18-19-20-21-22-23-24-25-26-33-28-29(27-31)34-30(32)4-2/h5-6,8-9,11-12,14-15,17-18,29,31H,3-4,7,10,13,16,19-28H2,1-2H3/b6-5-,9-8-,12-11-,15-14-,18-17-. The second kappa shape index (κ2) is 27.3. The smallest absolute Gasteiger partial charge is 0.305 e. The molecule has 0 aromatic rings. The van der Waals surface area contributed by atoms with Crippen molar-refractivity contribution in [2.24, 2.45) is 0 Å². The maximum Gasteiger partial charge on any atom is 0.305 e. The number of aliphatic hydroxyl groups excluding tert-OH is 1. The first-order chi connectivity index (χ1) is 16.7. The van der Waals surface area contributed by atoms with Gasteiger partial charge in [-0.3, -0.25) is 4.79 Å². The third-order valence-electron chi connectivity index (χ3n) is 5.16. The highest BCUT2D eigenvalue weighted by molar-refractivity contribution is 5.69. The largest absolute Gasteiger partial charge is 0.457 e. The number of aliphatic hydroxyl groups is 1. The SMILES string of the molecule is CC/C=C\C/C=C\C/C=C\C/C=C\C/C=C\CCCCCCCCOCC(CO)OC(=O)CC. The van der Waals surface area contributed by atoms with Gasteiger partial charge in [0, 0.05) is 13.0 Å². The van der Waals surface area contributed by atoms with E-state index in [4.69, 9.17) is 9.47 Å². The van der Waals surface area contributed by atoms with Crippen molar-refractivity contribution in [3.8, 4) is 0 Å². The van der Waals surface area contributed by atoms with Crippen LogP contribution < -0.4 is 0 Å². The lowest BCUT2D eigenvalue weighted by Crippen LogP contribution is -2.27. The molecule has 0 saturated carbocycles. The Hall–Kier alpha value is -1.91. The molecule has 0 radical (unpaired) electrons. The molecule has 0 spiro atoms. The first kappa shape index (κ1) is 32.1. The van der Waals surface area contributed by atoms with Crippen molar-refractivity contribution in [2.45, 2.75) is 103 Å². The molecule has 1 N–H and O–H groups in total. The highest BCUT2D eigenvalue weighted by atomic mass is 16.6. The van der Waals surface area contributed by atoms with E-state index >= 15 is 0 Å². The van der Waals surface area contributed by atoms with E-state index in [0.717, 1.165) is 51.4 Å². The Morgan fingerprint density at radius 3 is 1.74 bits per heavy atom. The Labute approximate surface area is 209 Å². The summed E-state index contributed by atoms with van der Waals surface area (Å²) >= 11 is 0. The van der Waals surface area contributed by atoms with E-state index < -0.39 is 6.10 Å². The highest BCUT2D eigenvalue weighted by Crippen LogP contribution is 2.08. The van der Waals surface area contributed by atoms with E-state index in [2.05, 4.69) is 67.7 Å². The number of ether oxygens (including phenoxy) is 2. The molecule has 34 heavy (non-hydrogen) atoms. The van der Waals surface area contributed by atoms with E-state index in [0.29, 0.717) is 13.0 Å². The first-order valence-corrected chi connectivity index (χ1v) is 13.4. The van der Waals surface area contributed by atoms with Crippen LogP contribution in [0.1, 0.15) is 97.3 Å². The van der Waals surface area contributed by atoms with Crippen molar-refractivity contribution in [3.63, 3.8) is 0 Å². The number of esters is 1. The lowest BCUT2D eigenvalue weighted by atomic mass is 10.1. The van der Waals surface area contributed by atoms with Crippen molar-refractivity contribution in [2.75, 3.05) is 19.8 Å². The molecule has 0 aromatic heterocycles. The van der Waals surface area contributed by atoms with Gasteiger partial charge in [-0.15, -0.1) is 0 Å². The van der Waals surface area contributed by atoms with E-state index in [9.17, 15) is 9.90 Å². The van der Waals surface area contributed by atoms with Gasteiger partial charge >= 0.3 is 5.97 Å². The second-order valence-electron chi connectivity index (χ2n) is 8.34. The maximum absolute atomic E-state index is 11.2. The molecule has 0 saturated heterocycles. The van der Waals surface area contributed by atoms with Crippen molar-refractivity contribution in [1.82, 2.24) is 0 Å². The molecule has 0 aromatic carbocycles. The van der Waals surface area contributed by atoms with Crippen LogP contribution in [0, 0.1) is 0 Å². The zero-order chi connectivity index (χ0) is 25.0. The van der Waals surface area contributed by atoms with Crippen LogP contribution in [0.4, 0.5) is 0 Å². The normalized spacial score (nSPS) is 13.4. The van der Waals surface area contributed by atoms with Gasteiger partial charge < -0.3 is 14.6 Å². The molecule has 0 fully saturated rings. The summed E-state index contributed by atoms with van der Waals surface area (Å²) in [7, 11) is 0. The monoisotopic (exact) mass is 474 g/mol. The van der Waals surface area contributed by atoms with Crippen LogP contribution in [0.2, 0.25) is 0 Å². The number of allylic oxidation sites excluding steroid dienone is 10. The van der Waals surface area contributed by atoms with Gasteiger partial charge in [0.05, 0.1) is 13.2 Å². The Balaban J connectivity index is 3.43. The molecule has 0 aliphatic heterocycles. The lowest BCUT2D eigenvalue weighted by molar-refractivity contribution is -0.154. The number of hydrogen-bond donors (Lipinski definition) is 1. The van der Waals surface area contributed by atoms with Gasteiger partial charge in [-0.2, -0.15) is 0 Å². The summed E-state index contributed by atoms with van der Waals surface area (Å²) in [4.78, 5) is 11.2. The summed E-state index contributed by atoms with van der Waals surface area (Å²) < 4.78 is 10.6. The van der Waals surface area contributed by atoms with Gasteiger partial charge in [-0.25, -0.2) is 0 Å². The van der Waals surface area contributed by atoms with Gasteiger partial charge in [0.2, 0.25) is 0 Å². The molecule has 1 atom stereocenters. The van der Waals surface area contributed by atoms with Gasteiger partial charge in [-0.05, 0) is 51.4 Å². The summed E-state index contributed by atoms with van der Waals surface area (Å²) in [6.07, 6.45) is 35.7. The predicted octanol–water partition coefficient (Wildman–Crippen LogP) is 7.80. The van der Waals surface area contributed by atoms with E-state index in [1.165, 1.54) is 25.7 Å². The maximum atomic E-state index is 11.2. The summed E-state index contributed by atoms with van der Waals surface area (Å²) in [5.41, 5.74) is 0. The molecule has 0 rings (SSSR count). The van der Waals surface area contributed by atoms with E-state index in [-0.39, 0.29) is 19.2 Å². The third-order valence-corrected chi connectivity index (χ3v) is 5.16. The topological polar surface area (TPSA) is 55.8 Å². The summed E-state index contributed by atoms with van der Waals surface area (Å²) in [6, 6.07) is 0. The fourth-order valence-corrected chi connectivity index (χ4v) is 3.15. The van der Waals surface area contributed by atoms with Crippen LogP contribution in [-0.2, 0) is 14.3 Å². The Kier molecular flexibility index (Phi) is 25.8. The van der Waals surface area contributed by atoms with Crippen LogP contribution in [-0.4, -0.2) is 37.0 Å². The van der Waals surface area contributed by atoms with Gasteiger partial charge in [0.15, 0.2) is 0 Å². The molecular formula is C30H50O4. The van der Waals surface area contributed by atoms with Crippen LogP contribution in [0.25, 0.3) is 0 Å². The van der Waals surface area contributed by atoms with Crippen LogP contribution in [0.5, 0.6) is 0 Å². The lowest BCUT2D eigenvalue weighted by Gasteiger charge is -2.15. The van der Waals surface area contributed by atoms with E-state index in [1.807, 2.05) is 0 Å². The quantitative estimate of drug-likeness (QED) is 0.0932. The number of carbonyl (C=O) groups excluding carboxylic acids is 1. The zero-order valence-corrected chi connectivity index (χ0v) is 21.8. The van der Waals surface area contributed by atoms with Gasteiger partial charge in [0.1, 0.15) is 6.10 Å². The Morgan fingerprint density at radius 2 is 1.21 bits per heavy atom. The summed E-state index contributed by atoms with van der Waals surface area (Å²) in [5.74, 6) is -0.299. The first-order valence-electron chi connectivity index (χ1n) is 13.4. The minimum atomic E-state index is -0.539. The van der Waals surface area contributed by atoms with Crippen molar-refractivity contribution >= 4 is 5.97 Å². The molecule has 194 valence electrons. The average Bonchev–Trinajstić information content (AvgIpc) is 2.85. The minimum Gasteiger partial charge on any atom is -0.457 e. The molecule has 0 aliphatic rings. The zero-order valence-electron chi connectivity index (χ0n) is 21.8. The van der Waals surface area contributed by atoms with Crippen LogP contribution in [0.15, 0.2) is 60.8 Å². The van der Waals surface area contributed by atoms with Crippen molar-refractivity contribution in [1.29, 1.82) is 0 Å². The number of carbonyl (C=O) groups is 1. The molecule has 4 nitrogen and oxygen atoms in total. The molecule has 4 heteroatoms. The highest BCUT2D eigenvalue weighted by Gasteiger charge is 2.11. The molecule has 0 bridgehead atoms. The fraction of sp³-hybridized carbons (Fsp3) is 0.633. The number of hydrogen-bond acceptors (Lipinski definition) is 4. The van der Waals surface area contributed by atoms with Crippen molar-refractivity contribution in [3.05, 3.63) is 60.8 Å². The molecule has 0 amide bonds. The third kappa shape index (κ3) is 24.7. The van der Waals surface area contributed by atoms with Crippen LogP contribution in [0.3, 0.4) is 0 Å². The summed E-state index contributed by atoms with van der Waals surface area (Å²) in [5, 5.41) is 9.18. The predicted molar refractivity (Wildman–Crippen MR) is 145 cm³/mol. The van der Waals surface area contributed by atoms with Crippen molar-refractivity contribution < 1.29 is 19.4 Å². The molecule has 0 heterocycles. The van der Waals surface area contributed by atoms with Gasteiger partial charge in [-0.1, -0.05) is 100 Å². The average molecular weight is 475 g/mol.